The molecule has 0 aliphatic carbocycles. The molecule has 1 aliphatic heterocycles. The zero-order chi connectivity index (χ0) is 13.9. The number of thioether (sulfide) groups is 1. The molecular weight excluding hydrogens is 270 g/mol. The number of aromatic nitrogens is 2. The number of rotatable bonds is 4. The lowest BCUT2D eigenvalue weighted by atomic mass is 10.1. The normalized spacial score (nSPS) is 13.1. The highest BCUT2D eigenvalue weighted by Gasteiger charge is 2.19. The molecule has 0 radical (unpaired) electrons. The van der Waals surface area contributed by atoms with E-state index in [9.17, 15) is 0 Å². The summed E-state index contributed by atoms with van der Waals surface area (Å²) >= 11 is 1.89. The molecule has 5 heteroatoms. The van der Waals surface area contributed by atoms with Gasteiger partial charge < -0.3 is 10.1 Å². The molecule has 4 nitrogen and oxygen atoms in total. The molecule has 1 N–H and O–H groups in total. The molecule has 1 aromatic heterocycles. The topological polar surface area (TPSA) is 47.0 Å². The van der Waals surface area contributed by atoms with Crippen LogP contribution in [0.1, 0.15) is 22.6 Å². The molecular formula is C15H17N3OS. The fraction of sp³-hybridized carbons (Fsp3) is 0.333. The van der Waals surface area contributed by atoms with Crippen LogP contribution < -0.4 is 10.1 Å². The Morgan fingerprint density at radius 3 is 2.70 bits per heavy atom. The van der Waals surface area contributed by atoms with Gasteiger partial charge in [-0.05, 0) is 17.7 Å². The van der Waals surface area contributed by atoms with Crippen LogP contribution in [-0.2, 0) is 17.9 Å². The van der Waals surface area contributed by atoms with E-state index in [0.29, 0.717) is 0 Å². The molecule has 0 amide bonds. The van der Waals surface area contributed by atoms with Crippen LogP contribution in [0, 0.1) is 0 Å². The highest BCUT2D eigenvalue weighted by Crippen LogP contribution is 2.32. The molecule has 104 valence electrons. The number of hydrogen-bond acceptors (Lipinski definition) is 5. The minimum atomic E-state index is 0.747. The van der Waals surface area contributed by atoms with Crippen LogP contribution in [0.4, 0.5) is 5.82 Å². The van der Waals surface area contributed by atoms with Gasteiger partial charge in [-0.25, -0.2) is 9.97 Å². The Labute approximate surface area is 123 Å². The summed E-state index contributed by atoms with van der Waals surface area (Å²) in [4.78, 5) is 9.33. The number of anilines is 1. The maximum absolute atomic E-state index is 5.17. The first-order chi connectivity index (χ1) is 9.80. The van der Waals surface area contributed by atoms with Gasteiger partial charge in [-0.1, -0.05) is 12.1 Å². The van der Waals surface area contributed by atoms with E-state index in [-0.39, 0.29) is 0 Å². The van der Waals surface area contributed by atoms with Crippen molar-refractivity contribution in [3.8, 4) is 5.75 Å². The Bertz CT molecular complexity index is 613. The van der Waals surface area contributed by atoms with Crippen molar-refractivity contribution in [1.29, 1.82) is 0 Å². The third-order valence-electron chi connectivity index (χ3n) is 3.38. The number of ether oxygens (including phenoxy) is 1. The van der Waals surface area contributed by atoms with Crippen molar-refractivity contribution in [3.63, 3.8) is 0 Å². The second kappa shape index (κ2) is 5.71. The molecule has 0 saturated carbocycles. The maximum atomic E-state index is 5.17. The van der Waals surface area contributed by atoms with E-state index in [4.69, 9.17) is 9.72 Å². The average Bonchev–Trinajstić information content (AvgIpc) is 2.95. The summed E-state index contributed by atoms with van der Waals surface area (Å²) in [5.41, 5.74) is 3.63. The number of fused-ring (bicyclic) bond motifs is 1. The summed E-state index contributed by atoms with van der Waals surface area (Å²) in [6.45, 7) is 0. The van der Waals surface area contributed by atoms with E-state index >= 15 is 0 Å². The zero-order valence-corrected chi connectivity index (χ0v) is 12.5. The molecule has 0 atom stereocenters. The fourth-order valence-electron chi connectivity index (χ4n) is 2.31. The standard InChI is InChI=1S/C15H17N3OS/c1-16-15-12-8-20-9-13(12)17-14(18-15)7-10-3-5-11(19-2)6-4-10/h3-6H,7-9H2,1-2H3,(H,16,17,18). The van der Waals surface area contributed by atoms with Crippen LogP contribution in [0.5, 0.6) is 5.75 Å². The van der Waals surface area contributed by atoms with Crippen LogP contribution in [0.15, 0.2) is 24.3 Å². The van der Waals surface area contributed by atoms with Crippen molar-refractivity contribution in [1.82, 2.24) is 9.97 Å². The van der Waals surface area contributed by atoms with Crippen molar-refractivity contribution in [2.45, 2.75) is 17.9 Å². The Balaban J connectivity index is 1.86. The van der Waals surface area contributed by atoms with E-state index in [1.807, 2.05) is 30.9 Å². The largest absolute Gasteiger partial charge is 0.497 e. The van der Waals surface area contributed by atoms with Gasteiger partial charge in [0.05, 0.1) is 12.8 Å². The smallest absolute Gasteiger partial charge is 0.135 e. The summed E-state index contributed by atoms with van der Waals surface area (Å²) in [5.74, 6) is 4.72. The van der Waals surface area contributed by atoms with Gasteiger partial charge in [0, 0.05) is 30.5 Å². The van der Waals surface area contributed by atoms with E-state index in [0.717, 1.165) is 35.3 Å². The third-order valence-corrected chi connectivity index (χ3v) is 4.35. The van der Waals surface area contributed by atoms with Crippen LogP contribution in [-0.4, -0.2) is 24.1 Å². The number of hydrogen-bond donors (Lipinski definition) is 1. The molecule has 1 aromatic carbocycles. The van der Waals surface area contributed by atoms with Crippen molar-refractivity contribution in [2.24, 2.45) is 0 Å². The summed E-state index contributed by atoms with van der Waals surface area (Å²) in [6.07, 6.45) is 0.747. The Morgan fingerprint density at radius 2 is 2.00 bits per heavy atom. The summed E-state index contributed by atoms with van der Waals surface area (Å²) in [6, 6.07) is 8.06. The molecule has 1 aliphatic rings. The van der Waals surface area contributed by atoms with E-state index in [2.05, 4.69) is 22.4 Å². The monoisotopic (exact) mass is 287 g/mol. The Hall–Kier alpha value is -1.75. The third kappa shape index (κ3) is 2.58. The first kappa shape index (κ1) is 13.2. The van der Waals surface area contributed by atoms with Crippen LogP contribution in [0.3, 0.4) is 0 Å². The van der Waals surface area contributed by atoms with Gasteiger partial charge >= 0.3 is 0 Å². The van der Waals surface area contributed by atoms with Crippen molar-refractivity contribution < 1.29 is 4.74 Å². The highest BCUT2D eigenvalue weighted by atomic mass is 32.2. The van der Waals surface area contributed by atoms with Gasteiger partial charge in [0.2, 0.25) is 0 Å². The fourth-order valence-corrected chi connectivity index (χ4v) is 3.36. The lowest BCUT2D eigenvalue weighted by Crippen LogP contribution is -2.06. The molecule has 3 rings (SSSR count). The average molecular weight is 287 g/mol. The molecule has 20 heavy (non-hydrogen) atoms. The van der Waals surface area contributed by atoms with Crippen LogP contribution in [0.25, 0.3) is 0 Å². The quantitative estimate of drug-likeness (QED) is 0.937. The molecule has 2 heterocycles. The van der Waals surface area contributed by atoms with Gasteiger partial charge in [0.1, 0.15) is 17.4 Å². The zero-order valence-electron chi connectivity index (χ0n) is 11.6. The van der Waals surface area contributed by atoms with Crippen molar-refractivity contribution >= 4 is 17.6 Å². The predicted molar refractivity (Wildman–Crippen MR) is 82.4 cm³/mol. The SMILES string of the molecule is CNc1nc(Cc2ccc(OC)cc2)nc2c1CSC2. The summed E-state index contributed by atoms with van der Waals surface area (Å²) < 4.78 is 5.17. The highest BCUT2D eigenvalue weighted by molar-refractivity contribution is 7.98. The van der Waals surface area contributed by atoms with Crippen LogP contribution in [0.2, 0.25) is 0 Å². The second-order valence-corrected chi connectivity index (χ2v) is 5.67. The number of benzene rings is 1. The number of nitrogens with zero attached hydrogens (tertiary/aromatic N) is 2. The number of nitrogens with one attached hydrogen (secondary N) is 1. The van der Waals surface area contributed by atoms with E-state index < -0.39 is 0 Å². The maximum Gasteiger partial charge on any atom is 0.135 e. The second-order valence-electron chi connectivity index (χ2n) is 4.68. The van der Waals surface area contributed by atoms with Gasteiger partial charge in [-0.3, -0.25) is 0 Å². The first-order valence-corrected chi connectivity index (χ1v) is 7.72. The van der Waals surface area contributed by atoms with Gasteiger partial charge in [-0.2, -0.15) is 11.8 Å². The van der Waals surface area contributed by atoms with E-state index in [1.54, 1.807) is 7.11 Å². The minimum absolute atomic E-state index is 0.747. The minimum Gasteiger partial charge on any atom is -0.497 e. The Morgan fingerprint density at radius 1 is 1.20 bits per heavy atom. The van der Waals surface area contributed by atoms with Gasteiger partial charge in [0.25, 0.3) is 0 Å². The molecule has 0 fully saturated rings. The van der Waals surface area contributed by atoms with Crippen molar-refractivity contribution in [2.75, 3.05) is 19.5 Å². The molecule has 0 unspecified atom stereocenters. The first-order valence-electron chi connectivity index (χ1n) is 6.57. The van der Waals surface area contributed by atoms with E-state index in [1.165, 1.54) is 16.8 Å². The predicted octanol–water partition coefficient (Wildman–Crippen LogP) is 2.86. The summed E-state index contributed by atoms with van der Waals surface area (Å²) in [7, 11) is 3.60. The van der Waals surface area contributed by atoms with Gasteiger partial charge in [-0.15, -0.1) is 0 Å². The molecule has 0 bridgehead atoms. The summed E-state index contributed by atoms with van der Waals surface area (Å²) in [5, 5.41) is 3.19. The van der Waals surface area contributed by atoms with Gasteiger partial charge in [0.15, 0.2) is 0 Å². The van der Waals surface area contributed by atoms with Crippen LogP contribution >= 0.6 is 11.8 Å². The molecule has 2 aromatic rings. The number of methoxy groups -OCH3 is 1. The lowest BCUT2D eigenvalue weighted by Gasteiger charge is -2.09. The Kier molecular flexibility index (Phi) is 3.78. The molecule has 0 spiro atoms. The molecule has 0 saturated heterocycles. The van der Waals surface area contributed by atoms with Crippen molar-refractivity contribution in [3.05, 3.63) is 46.9 Å². The lowest BCUT2D eigenvalue weighted by molar-refractivity contribution is 0.414.